The molecule has 2 unspecified atom stereocenters. The minimum Gasteiger partial charge on any atom is -0.462 e. The molecule has 19 heteroatoms. The van der Waals surface area contributed by atoms with Gasteiger partial charge in [-0.3, -0.25) is 37.3 Å². The summed E-state index contributed by atoms with van der Waals surface area (Å²) in [5, 5.41) is 10.7. The smallest absolute Gasteiger partial charge is 0.462 e. The van der Waals surface area contributed by atoms with Gasteiger partial charge in [0, 0.05) is 25.7 Å². The number of phosphoric acid groups is 2. The molecule has 0 heterocycles. The normalized spacial score (nSPS) is 13.8. The fourth-order valence-corrected chi connectivity index (χ4v) is 15.4. The lowest BCUT2D eigenvalue weighted by atomic mass is 10.0. The van der Waals surface area contributed by atoms with Crippen LogP contribution in [0.1, 0.15) is 472 Å². The number of rotatable bonds is 87. The average Bonchev–Trinajstić information content (AvgIpc) is 0.902. The second-order valence-electron chi connectivity index (χ2n) is 32.6. The Labute approximate surface area is 658 Å². The Morgan fingerprint density at radius 1 is 0.252 bits per heavy atom. The van der Waals surface area contributed by atoms with E-state index in [-0.39, 0.29) is 25.7 Å². The Hall–Kier alpha value is -1.94. The number of esters is 4. The monoisotopic (exact) mass is 1560 g/mol. The van der Waals surface area contributed by atoms with Crippen molar-refractivity contribution in [2.45, 2.75) is 490 Å². The molecule has 636 valence electrons. The first-order chi connectivity index (χ1) is 51.9. The summed E-state index contributed by atoms with van der Waals surface area (Å²) < 4.78 is 68.9. The largest absolute Gasteiger partial charge is 0.472 e. The molecule has 0 aromatic heterocycles. The molecule has 0 aliphatic heterocycles. The van der Waals surface area contributed by atoms with Gasteiger partial charge in [0.15, 0.2) is 12.2 Å². The molecule has 17 nitrogen and oxygen atoms in total. The molecule has 0 amide bonds. The van der Waals surface area contributed by atoms with E-state index in [1.807, 2.05) is 0 Å². The topological polar surface area (TPSA) is 237 Å². The standard InChI is InChI=1S/C88H172O17P2/c1-7-9-11-13-15-17-19-21-23-25-27-28-30-32-34-39-43-47-53-60-66-72-87(92)104-83(76-98-85(90)70-64-58-52-46-42-38-33-31-29-26-24-22-20-18-16-14-12-10-8-2)78-102-106(94,95)100-74-82(89)75-101-107(96,97)103-79-84(77-99-86(91)71-65-59-55-49-51-57-63-69-81(5)6)105-88(93)73-67-61-54-48-44-40-36-35-37-41-45-50-56-62-68-80(3)4/h80-84,89H,7-79H2,1-6H3,(H,94,95)(H,96,97)/t82-,83-,84-/m1/s1. The maximum Gasteiger partial charge on any atom is 0.472 e. The van der Waals surface area contributed by atoms with Crippen molar-refractivity contribution in [3.8, 4) is 0 Å². The van der Waals surface area contributed by atoms with E-state index in [4.69, 9.17) is 37.0 Å². The Morgan fingerprint density at radius 2 is 0.430 bits per heavy atom. The maximum absolute atomic E-state index is 13.2. The molecule has 0 aliphatic rings. The number of aliphatic hydroxyl groups is 1. The van der Waals surface area contributed by atoms with Crippen LogP contribution in [-0.2, 0) is 65.4 Å². The van der Waals surface area contributed by atoms with Crippen molar-refractivity contribution in [1.29, 1.82) is 0 Å². The van der Waals surface area contributed by atoms with E-state index < -0.39 is 97.5 Å². The van der Waals surface area contributed by atoms with E-state index in [0.29, 0.717) is 31.6 Å². The molecule has 0 aliphatic carbocycles. The summed E-state index contributed by atoms with van der Waals surface area (Å²) in [5.41, 5.74) is 0. The molecular weight excluding hydrogens is 1390 g/mol. The molecule has 0 fully saturated rings. The molecule has 0 bridgehead atoms. The predicted molar refractivity (Wildman–Crippen MR) is 442 cm³/mol. The highest BCUT2D eigenvalue weighted by Crippen LogP contribution is 2.45. The van der Waals surface area contributed by atoms with Gasteiger partial charge in [0.1, 0.15) is 19.3 Å². The zero-order valence-corrected chi connectivity index (χ0v) is 72.2. The zero-order chi connectivity index (χ0) is 78.5. The summed E-state index contributed by atoms with van der Waals surface area (Å²) >= 11 is 0. The molecule has 0 rings (SSSR count). The Bertz CT molecular complexity index is 2050. The summed E-state index contributed by atoms with van der Waals surface area (Å²) in [6.45, 7) is 9.65. The number of hydrogen-bond donors (Lipinski definition) is 3. The summed E-state index contributed by atoms with van der Waals surface area (Å²) in [6.07, 6.45) is 72.4. The number of ether oxygens (including phenoxy) is 4. The van der Waals surface area contributed by atoms with Gasteiger partial charge in [-0.2, -0.15) is 0 Å². The number of hydrogen-bond acceptors (Lipinski definition) is 15. The highest BCUT2D eigenvalue weighted by molar-refractivity contribution is 7.47. The molecular formula is C88H172O17P2. The summed E-state index contributed by atoms with van der Waals surface area (Å²) in [7, 11) is -9.93. The van der Waals surface area contributed by atoms with E-state index in [1.54, 1.807) is 0 Å². The lowest BCUT2D eigenvalue weighted by Gasteiger charge is -2.21. The van der Waals surface area contributed by atoms with Crippen LogP contribution in [0, 0.1) is 11.8 Å². The Kier molecular flexibility index (Phi) is 77.9. The van der Waals surface area contributed by atoms with Gasteiger partial charge >= 0.3 is 39.5 Å². The van der Waals surface area contributed by atoms with Crippen molar-refractivity contribution in [2.24, 2.45) is 11.8 Å². The molecule has 5 atom stereocenters. The van der Waals surface area contributed by atoms with Crippen LogP contribution in [0.25, 0.3) is 0 Å². The first-order valence-electron chi connectivity index (χ1n) is 45.5. The van der Waals surface area contributed by atoms with Gasteiger partial charge in [0.2, 0.25) is 0 Å². The van der Waals surface area contributed by atoms with Gasteiger partial charge in [-0.25, -0.2) is 9.13 Å². The van der Waals surface area contributed by atoms with Crippen LogP contribution in [0.4, 0.5) is 0 Å². The van der Waals surface area contributed by atoms with Crippen molar-refractivity contribution in [3.63, 3.8) is 0 Å². The van der Waals surface area contributed by atoms with E-state index in [0.717, 1.165) is 102 Å². The molecule has 3 N–H and O–H groups in total. The van der Waals surface area contributed by atoms with Crippen LogP contribution < -0.4 is 0 Å². The number of carbonyl (C=O) groups is 4. The van der Waals surface area contributed by atoms with Gasteiger partial charge in [0.05, 0.1) is 26.4 Å². The Morgan fingerprint density at radius 3 is 0.636 bits per heavy atom. The van der Waals surface area contributed by atoms with Gasteiger partial charge < -0.3 is 33.8 Å². The van der Waals surface area contributed by atoms with E-state index in [1.165, 1.54) is 283 Å². The van der Waals surface area contributed by atoms with Crippen LogP contribution >= 0.6 is 15.6 Å². The first-order valence-corrected chi connectivity index (χ1v) is 48.5. The Balaban J connectivity index is 5.22. The SMILES string of the molecule is CCCCCCCCCCCCCCCCCCCCCCCC(=O)O[C@H](COC(=O)CCCCCCCCCCCCCCCCCCCCC)COP(=O)(O)OC[C@@H](O)COP(=O)(O)OC[C@@H](COC(=O)CCCCCCCCCC(C)C)OC(=O)CCCCCCCCCCCCCCCCC(C)C. The van der Waals surface area contributed by atoms with Gasteiger partial charge in [-0.1, -0.05) is 420 Å². The van der Waals surface area contributed by atoms with Crippen LogP contribution in [0.5, 0.6) is 0 Å². The third-order valence-electron chi connectivity index (χ3n) is 20.7. The molecule has 0 saturated heterocycles. The van der Waals surface area contributed by atoms with Crippen LogP contribution in [0.2, 0.25) is 0 Å². The third-order valence-corrected chi connectivity index (χ3v) is 22.6. The molecule has 107 heavy (non-hydrogen) atoms. The summed E-state index contributed by atoms with van der Waals surface area (Å²) in [5.74, 6) is -0.602. The van der Waals surface area contributed by atoms with Gasteiger partial charge in [-0.15, -0.1) is 0 Å². The highest BCUT2D eigenvalue weighted by atomic mass is 31.2. The van der Waals surface area contributed by atoms with Gasteiger partial charge in [0.25, 0.3) is 0 Å². The number of aliphatic hydroxyl groups excluding tert-OH is 1. The average molecular weight is 1560 g/mol. The molecule has 0 spiro atoms. The molecule has 0 saturated carbocycles. The third kappa shape index (κ3) is 81.9. The van der Waals surface area contributed by atoms with E-state index in [2.05, 4.69) is 41.5 Å². The lowest BCUT2D eigenvalue weighted by Crippen LogP contribution is -2.30. The van der Waals surface area contributed by atoms with Gasteiger partial charge in [-0.05, 0) is 37.5 Å². The lowest BCUT2D eigenvalue weighted by molar-refractivity contribution is -0.161. The quantitative estimate of drug-likeness (QED) is 0.0222. The number of unbranched alkanes of at least 4 members (excludes halogenated alkanes) is 57. The minimum atomic E-state index is -4.97. The van der Waals surface area contributed by atoms with Crippen LogP contribution in [0.15, 0.2) is 0 Å². The molecule has 0 aromatic rings. The predicted octanol–water partition coefficient (Wildman–Crippen LogP) is 27.0. The maximum atomic E-state index is 13.2. The van der Waals surface area contributed by atoms with Crippen molar-refractivity contribution in [3.05, 3.63) is 0 Å². The minimum absolute atomic E-state index is 0.107. The zero-order valence-electron chi connectivity index (χ0n) is 70.5. The van der Waals surface area contributed by atoms with Crippen molar-refractivity contribution >= 4 is 39.5 Å². The van der Waals surface area contributed by atoms with E-state index >= 15 is 0 Å². The second kappa shape index (κ2) is 79.3. The second-order valence-corrected chi connectivity index (χ2v) is 35.5. The van der Waals surface area contributed by atoms with Crippen molar-refractivity contribution in [1.82, 2.24) is 0 Å². The summed E-state index contributed by atoms with van der Waals surface area (Å²) in [6, 6.07) is 0. The van der Waals surface area contributed by atoms with Crippen LogP contribution in [0.3, 0.4) is 0 Å². The number of carbonyl (C=O) groups excluding carboxylic acids is 4. The van der Waals surface area contributed by atoms with Crippen LogP contribution in [-0.4, -0.2) is 96.7 Å². The fourth-order valence-electron chi connectivity index (χ4n) is 13.8. The van der Waals surface area contributed by atoms with E-state index in [9.17, 15) is 43.2 Å². The number of phosphoric ester groups is 2. The first kappa shape index (κ1) is 105. The summed E-state index contributed by atoms with van der Waals surface area (Å²) in [4.78, 5) is 73.3. The van der Waals surface area contributed by atoms with Crippen molar-refractivity contribution in [2.75, 3.05) is 39.6 Å². The molecule has 0 aromatic carbocycles. The molecule has 0 radical (unpaired) electrons. The highest BCUT2D eigenvalue weighted by Gasteiger charge is 2.30. The fraction of sp³-hybridized carbons (Fsp3) is 0.955. The van der Waals surface area contributed by atoms with Crippen molar-refractivity contribution < 1.29 is 80.2 Å².